The number of thiophene rings is 1. The number of benzene rings is 2. The van der Waals surface area contributed by atoms with Crippen molar-refractivity contribution in [2.45, 2.75) is 20.0 Å². The SMILES string of the molecule is COCCN(CC(=O)N(Cc1ccccc1)Cc1ccc(C)s1)C(=O)C=Cc1ccc([N+](=O)[O-])cc1. The quantitative estimate of drug-likeness (QED) is 0.202. The summed E-state index contributed by atoms with van der Waals surface area (Å²) in [6, 6.07) is 19.7. The Kier molecular flexibility index (Phi) is 9.91. The van der Waals surface area contributed by atoms with Gasteiger partial charge in [0, 0.05) is 48.2 Å². The van der Waals surface area contributed by atoms with E-state index in [0.717, 1.165) is 10.4 Å². The van der Waals surface area contributed by atoms with Crippen LogP contribution in [0.4, 0.5) is 5.69 Å². The lowest BCUT2D eigenvalue weighted by molar-refractivity contribution is -0.384. The van der Waals surface area contributed by atoms with E-state index in [-0.39, 0.29) is 37.2 Å². The van der Waals surface area contributed by atoms with Crippen molar-refractivity contribution in [3.63, 3.8) is 0 Å². The molecule has 3 aromatic rings. The molecule has 0 spiro atoms. The van der Waals surface area contributed by atoms with Gasteiger partial charge in [-0.1, -0.05) is 30.3 Å². The van der Waals surface area contributed by atoms with Gasteiger partial charge in [0.15, 0.2) is 0 Å². The molecule has 1 aromatic heterocycles. The van der Waals surface area contributed by atoms with Crippen LogP contribution in [0.25, 0.3) is 6.08 Å². The van der Waals surface area contributed by atoms with Crippen LogP contribution in [0.15, 0.2) is 72.8 Å². The molecule has 0 saturated heterocycles. The number of carbonyl (C=O) groups is 2. The zero-order chi connectivity index (χ0) is 25.9. The third kappa shape index (κ3) is 8.14. The number of methoxy groups -OCH3 is 1. The van der Waals surface area contributed by atoms with Gasteiger partial charge >= 0.3 is 0 Å². The highest BCUT2D eigenvalue weighted by atomic mass is 32.1. The molecule has 8 nitrogen and oxygen atoms in total. The molecule has 0 unspecified atom stereocenters. The van der Waals surface area contributed by atoms with Gasteiger partial charge < -0.3 is 14.5 Å². The molecule has 0 aliphatic carbocycles. The van der Waals surface area contributed by atoms with E-state index in [4.69, 9.17) is 4.74 Å². The van der Waals surface area contributed by atoms with Crippen molar-refractivity contribution in [3.05, 3.63) is 104 Å². The smallest absolute Gasteiger partial charge is 0.269 e. The van der Waals surface area contributed by atoms with Crippen LogP contribution < -0.4 is 0 Å². The van der Waals surface area contributed by atoms with Crippen LogP contribution in [0.5, 0.6) is 0 Å². The van der Waals surface area contributed by atoms with E-state index in [2.05, 4.69) is 0 Å². The topological polar surface area (TPSA) is 93.0 Å². The third-order valence-corrected chi connectivity index (χ3v) is 6.42. The van der Waals surface area contributed by atoms with E-state index in [1.807, 2.05) is 49.4 Å². The van der Waals surface area contributed by atoms with Gasteiger partial charge in [-0.05, 0) is 48.4 Å². The van der Waals surface area contributed by atoms with Crippen LogP contribution in [-0.4, -0.2) is 53.3 Å². The van der Waals surface area contributed by atoms with E-state index in [0.29, 0.717) is 18.7 Å². The van der Waals surface area contributed by atoms with Gasteiger partial charge in [-0.25, -0.2) is 0 Å². The Morgan fingerprint density at radius 1 is 1.00 bits per heavy atom. The Morgan fingerprint density at radius 3 is 2.33 bits per heavy atom. The number of hydrogen-bond donors (Lipinski definition) is 0. The molecule has 3 rings (SSSR count). The molecular formula is C27H29N3O5S. The predicted molar refractivity (Wildman–Crippen MR) is 140 cm³/mol. The van der Waals surface area contributed by atoms with Crippen LogP contribution in [0.2, 0.25) is 0 Å². The summed E-state index contributed by atoms with van der Waals surface area (Å²) in [6.45, 7) is 3.36. The summed E-state index contributed by atoms with van der Waals surface area (Å²) in [7, 11) is 1.54. The van der Waals surface area contributed by atoms with Crippen LogP contribution in [0.3, 0.4) is 0 Å². The maximum absolute atomic E-state index is 13.4. The van der Waals surface area contributed by atoms with Crippen LogP contribution >= 0.6 is 11.3 Å². The number of hydrogen-bond acceptors (Lipinski definition) is 6. The molecule has 0 fully saturated rings. The monoisotopic (exact) mass is 507 g/mol. The van der Waals surface area contributed by atoms with E-state index < -0.39 is 4.92 Å². The van der Waals surface area contributed by atoms with E-state index in [9.17, 15) is 19.7 Å². The average Bonchev–Trinajstić information content (AvgIpc) is 3.29. The first-order chi connectivity index (χ1) is 17.4. The summed E-state index contributed by atoms with van der Waals surface area (Å²) < 4.78 is 5.15. The number of nitro benzene ring substituents is 1. The number of nitro groups is 1. The highest BCUT2D eigenvalue weighted by molar-refractivity contribution is 7.11. The second-order valence-electron chi connectivity index (χ2n) is 8.18. The molecule has 1 heterocycles. The molecule has 0 atom stereocenters. The Bertz CT molecular complexity index is 1190. The van der Waals surface area contributed by atoms with Crippen molar-refractivity contribution in [2.75, 3.05) is 26.8 Å². The van der Waals surface area contributed by atoms with Crippen LogP contribution in [0, 0.1) is 17.0 Å². The molecule has 0 aliphatic heterocycles. The Hall–Kier alpha value is -3.82. The maximum Gasteiger partial charge on any atom is 0.269 e. The van der Waals surface area contributed by atoms with Gasteiger partial charge in [0.1, 0.15) is 6.54 Å². The van der Waals surface area contributed by atoms with Crippen molar-refractivity contribution in [1.29, 1.82) is 0 Å². The van der Waals surface area contributed by atoms with E-state index >= 15 is 0 Å². The fourth-order valence-corrected chi connectivity index (χ4v) is 4.41. The molecule has 2 amide bonds. The Labute approximate surface area is 214 Å². The first-order valence-electron chi connectivity index (χ1n) is 11.4. The number of non-ortho nitro benzene ring substituents is 1. The van der Waals surface area contributed by atoms with Gasteiger partial charge in [0.05, 0.1) is 18.1 Å². The van der Waals surface area contributed by atoms with Crippen molar-refractivity contribution in [2.24, 2.45) is 0 Å². The molecule has 0 saturated carbocycles. The first-order valence-corrected chi connectivity index (χ1v) is 12.2. The van der Waals surface area contributed by atoms with Gasteiger partial charge in [-0.2, -0.15) is 0 Å². The number of aryl methyl sites for hydroxylation is 1. The number of carbonyl (C=O) groups excluding carboxylic acids is 2. The largest absolute Gasteiger partial charge is 0.383 e. The zero-order valence-corrected chi connectivity index (χ0v) is 21.1. The molecular weight excluding hydrogens is 478 g/mol. The first kappa shape index (κ1) is 26.8. The van der Waals surface area contributed by atoms with Crippen LogP contribution in [-0.2, 0) is 27.4 Å². The maximum atomic E-state index is 13.4. The summed E-state index contributed by atoms with van der Waals surface area (Å²) in [4.78, 5) is 42.2. The summed E-state index contributed by atoms with van der Waals surface area (Å²) in [6.07, 6.45) is 2.95. The summed E-state index contributed by atoms with van der Waals surface area (Å²) in [5, 5.41) is 10.8. The second kappa shape index (κ2) is 13.3. The summed E-state index contributed by atoms with van der Waals surface area (Å²) in [5.41, 5.74) is 1.63. The van der Waals surface area contributed by atoms with Crippen molar-refractivity contribution < 1.29 is 19.2 Å². The molecule has 36 heavy (non-hydrogen) atoms. The Morgan fingerprint density at radius 2 is 1.72 bits per heavy atom. The van der Waals surface area contributed by atoms with Gasteiger partial charge in [0.2, 0.25) is 11.8 Å². The predicted octanol–water partition coefficient (Wildman–Crippen LogP) is 4.68. The molecule has 0 N–H and O–H groups in total. The van der Waals surface area contributed by atoms with Crippen molar-refractivity contribution in [1.82, 2.24) is 9.80 Å². The molecule has 2 aromatic carbocycles. The third-order valence-electron chi connectivity index (χ3n) is 5.44. The van der Waals surface area contributed by atoms with Gasteiger partial charge in [-0.15, -0.1) is 11.3 Å². The highest BCUT2D eigenvalue weighted by Gasteiger charge is 2.21. The van der Waals surface area contributed by atoms with E-state index in [1.54, 1.807) is 34.4 Å². The summed E-state index contributed by atoms with van der Waals surface area (Å²) in [5.74, 6) is -0.511. The minimum atomic E-state index is -0.477. The molecule has 9 heteroatoms. The fourth-order valence-electron chi connectivity index (χ4n) is 3.51. The zero-order valence-electron chi connectivity index (χ0n) is 20.3. The lowest BCUT2D eigenvalue weighted by Crippen LogP contribution is -2.43. The molecule has 0 bridgehead atoms. The van der Waals surface area contributed by atoms with E-state index in [1.165, 1.54) is 35.1 Å². The highest BCUT2D eigenvalue weighted by Crippen LogP contribution is 2.19. The number of amides is 2. The number of rotatable bonds is 12. The molecule has 0 radical (unpaired) electrons. The summed E-state index contributed by atoms with van der Waals surface area (Å²) >= 11 is 1.64. The van der Waals surface area contributed by atoms with Crippen molar-refractivity contribution >= 4 is 34.9 Å². The number of nitrogens with zero attached hydrogens (tertiary/aromatic N) is 3. The lowest BCUT2D eigenvalue weighted by atomic mass is 10.2. The lowest BCUT2D eigenvalue weighted by Gasteiger charge is -2.27. The van der Waals surface area contributed by atoms with Gasteiger partial charge in [-0.3, -0.25) is 19.7 Å². The second-order valence-corrected chi connectivity index (χ2v) is 9.55. The van der Waals surface area contributed by atoms with Gasteiger partial charge in [0.25, 0.3) is 5.69 Å². The van der Waals surface area contributed by atoms with Crippen LogP contribution in [0.1, 0.15) is 20.9 Å². The normalized spacial score (nSPS) is 10.9. The van der Waals surface area contributed by atoms with Crippen molar-refractivity contribution in [3.8, 4) is 0 Å². The molecule has 0 aliphatic rings. The Balaban J connectivity index is 1.74. The average molecular weight is 508 g/mol. The number of ether oxygens (including phenoxy) is 1. The fraction of sp³-hybridized carbons (Fsp3) is 0.259. The minimum absolute atomic E-state index is 0.0229. The standard InChI is InChI=1S/C27H29N3O5S/c1-21-8-14-25(36-21)19-29(18-23-6-4-3-5-7-23)27(32)20-28(16-17-35-2)26(31)15-11-22-9-12-24(13-10-22)30(33)34/h3-15H,16-20H2,1-2H3. The molecule has 188 valence electrons. The minimum Gasteiger partial charge on any atom is -0.383 e.